The lowest BCUT2D eigenvalue weighted by Gasteiger charge is -2.14. The zero-order valence-electron chi connectivity index (χ0n) is 13.3. The maximum atomic E-state index is 12.6. The first kappa shape index (κ1) is 15.5. The summed E-state index contributed by atoms with van der Waals surface area (Å²) in [4.78, 5) is 28.5. The first-order valence-electron chi connectivity index (χ1n) is 7.94. The quantitative estimate of drug-likeness (QED) is 0.889. The molecule has 2 aromatic rings. The Morgan fingerprint density at radius 1 is 1.35 bits per heavy atom. The number of aliphatic carboxylic acids is 1. The molecule has 1 unspecified atom stereocenters. The zero-order valence-corrected chi connectivity index (χ0v) is 13.3. The number of nitrogens with zero attached hydrogens (tertiary/aromatic N) is 1. The smallest absolute Gasteiger partial charge is 0.326 e. The van der Waals surface area contributed by atoms with Gasteiger partial charge in [-0.15, -0.1) is 0 Å². The minimum Gasteiger partial charge on any atom is -0.480 e. The number of carbonyl (C=O) groups excluding carboxylic acids is 1. The monoisotopic (exact) mass is 312 g/mol. The van der Waals surface area contributed by atoms with Crippen LogP contribution >= 0.6 is 0 Å². The van der Waals surface area contributed by atoms with Crippen molar-refractivity contribution >= 4 is 22.8 Å². The van der Waals surface area contributed by atoms with Gasteiger partial charge in [0.1, 0.15) is 6.04 Å². The molecule has 1 aliphatic carbocycles. The number of aromatic nitrogens is 1. The molecular formula is C18H20N2O3. The highest BCUT2D eigenvalue weighted by Crippen LogP contribution is 2.40. The molecule has 1 heterocycles. The van der Waals surface area contributed by atoms with E-state index in [4.69, 9.17) is 5.11 Å². The van der Waals surface area contributed by atoms with Gasteiger partial charge in [0.25, 0.3) is 5.91 Å². The number of benzene rings is 1. The van der Waals surface area contributed by atoms with Crippen molar-refractivity contribution < 1.29 is 14.7 Å². The molecule has 0 aliphatic heterocycles. The summed E-state index contributed by atoms with van der Waals surface area (Å²) < 4.78 is 0. The number of fused-ring (bicyclic) bond motifs is 1. The van der Waals surface area contributed by atoms with Crippen LogP contribution in [0.3, 0.4) is 0 Å². The molecule has 2 N–H and O–H groups in total. The molecule has 0 bridgehead atoms. The van der Waals surface area contributed by atoms with Crippen molar-refractivity contribution in [1.82, 2.24) is 10.3 Å². The molecule has 1 fully saturated rings. The molecule has 3 rings (SSSR count). The summed E-state index contributed by atoms with van der Waals surface area (Å²) in [5.41, 5.74) is 3.27. The Kier molecular flexibility index (Phi) is 4.03. The Hall–Kier alpha value is -2.43. The molecule has 1 amide bonds. The van der Waals surface area contributed by atoms with Gasteiger partial charge in [0, 0.05) is 17.0 Å². The van der Waals surface area contributed by atoms with E-state index in [9.17, 15) is 9.59 Å². The van der Waals surface area contributed by atoms with Crippen molar-refractivity contribution in [3.63, 3.8) is 0 Å². The van der Waals surface area contributed by atoms with Gasteiger partial charge in [0.2, 0.25) is 0 Å². The van der Waals surface area contributed by atoms with Crippen LogP contribution in [0.5, 0.6) is 0 Å². The number of hydrogen-bond acceptors (Lipinski definition) is 3. The van der Waals surface area contributed by atoms with Crippen LogP contribution in [-0.2, 0) is 4.79 Å². The summed E-state index contributed by atoms with van der Waals surface area (Å²) >= 11 is 0. The Morgan fingerprint density at radius 3 is 2.70 bits per heavy atom. The van der Waals surface area contributed by atoms with Crippen molar-refractivity contribution in [1.29, 1.82) is 0 Å². The van der Waals surface area contributed by atoms with Crippen LogP contribution in [0, 0.1) is 6.92 Å². The minimum atomic E-state index is -1.02. The van der Waals surface area contributed by atoms with Gasteiger partial charge in [-0.25, -0.2) is 4.79 Å². The highest BCUT2D eigenvalue weighted by Gasteiger charge is 2.27. The van der Waals surface area contributed by atoms with E-state index in [0.29, 0.717) is 17.9 Å². The van der Waals surface area contributed by atoms with Crippen molar-refractivity contribution in [2.45, 2.75) is 45.1 Å². The van der Waals surface area contributed by atoms with Crippen LogP contribution in [0.1, 0.15) is 53.7 Å². The molecule has 1 aliphatic rings. The predicted octanol–water partition coefficient (Wildman–Crippen LogP) is 3.01. The van der Waals surface area contributed by atoms with Crippen LogP contribution in [0.25, 0.3) is 10.9 Å². The first-order chi connectivity index (χ1) is 11.0. The average molecular weight is 312 g/mol. The molecule has 5 heteroatoms. The maximum Gasteiger partial charge on any atom is 0.326 e. The van der Waals surface area contributed by atoms with Crippen molar-refractivity contribution in [3.05, 3.63) is 41.1 Å². The van der Waals surface area contributed by atoms with E-state index >= 15 is 0 Å². The third kappa shape index (κ3) is 3.18. The SMILES string of the molecule is CCC(NC(=O)c1cc(C2CC2)nc2ccc(C)cc12)C(=O)O. The summed E-state index contributed by atoms with van der Waals surface area (Å²) in [6.07, 6.45) is 2.54. The Labute approximate surface area is 134 Å². The van der Waals surface area contributed by atoms with E-state index in [0.717, 1.165) is 35.0 Å². The Bertz CT molecular complexity index is 781. The van der Waals surface area contributed by atoms with Crippen molar-refractivity contribution in [2.75, 3.05) is 0 Å². The predicted molar refractivity (Wildman–Crippen MR) is 87.6 cm³/mol. The van der Waals surface area contributed by atoms with Crippen molar-refractivity contribution in [2.24, 2.45) is 0 Å². The highest BCUT2D eigenvalue weighted by molar-refractivity contribution is 6.07. The van der Waals surface area contributed by atoms with E-state index in [-0.39, 0.29) is 5.91 Å². The van der Waals surface area contributed by atoms with Gasteiger partial charge < -0.3 is 10.4 Å². The van der Waals surface area contributed by atoms with Gasteiger partial charge in [-0.3, -0.25) is 9.78 Å². The lowest BCUT2D eigenvalue weighted by molar-refractivity contribution is -0.139. The fourth-order valence-corrected chi connectivity index (χ4v) is 2.71. The second-order valence-corrected chi connectivity index (χ2v) is 6.16. The number of carboxylic acids is 1. The van der Waals surface area contributed by atoms with Gasteiger partial charge in [-0.2, -0.15) is 0 Å². The molecule has 0 saturated heterocycles. The molecule has 0 radical (unpaired) electrons. The van der Waals surface area contributed by atoms with Gasteiger partial charge in [-0.05, 0) is 44.4 Å². The molecule has 5 nitrogen and oxygen atoms in total. The Morgan fingerprint density at radius 2 is 2.09 bits per heavy atom. The summed E-state index contributed by atoms with van der Waals surface area (Å²) in [7, 11) is 0. The molecule has 23 heavy (non-hydrogen) atoms. The molecular weight excluding hydrogens is 292 g/mol. The topological polar surface area (TPSA) is 79.3 Å². The summed E-state index contributed by atoms with van der Waals surface area (Å²) in [6, 6.07) is 6.76. The highest BCUT2D eigenvalue weighted by atomic mass is 16.4. The van der Waals surface area contributed by atoms with Crippen LogP contribution in [0.2, 0.25) is 0 Å². The van der Waals surface area contributed by atoms with E-state index in [2.05, 4.69) is 10.3 Å². The third-order valence-electron chi connectivity index (χ3n) is 4.24. The zero-order chi connectivity index (χ0) is 16.6. The second kappa shape index (κ2) is 5.99. The van der Waals surface area contributed by atoms with Crippen molar-refractivity contribution in [3.8, 4) is 0 Å². The number of carboxylic acid groups (broad SMARTS) is 1. The maximum absolute atomic E-state index is 12.6. The standard InChI is InChI=1S/C18H20N2O3/c1-3-14(18(22)23)20-17(21)13-9-16(11-5-6-11)19-15-7-4-10(2)8-12(13)15/h4,7-9,11,14H,3,5-6H2,1-2H3,(H,20,21)(H,22,23). The number of carbonyl (C=O) groups is 2. The van der Waals surface area contributed by atoms with E-state index in [1.54, 1.807) is 6.92 Å². The molecule has 1 aromatic heterocycles. The van der Waals surface area contributed by atoms with E-state index < -0.39 is 12.0 Å². The largest absolute Gasteiger partial charge is 0.480 e. The van der Waals surface area contributed by atoms with Crippen LogP contribution in [-0.4, -0.2) is 28.0 Å². The Balaban J connectivity index is 2.05. The van der Waals surface area contributed by atoms with Crippen LogP contribution in [0.15, 0.2) is 24.3 Å². The van der Waals surface area contributed by atoms with Gasteiger partial charge >= 0.3 is 5.97 Å². The minimum absolute atomic E-state index is 0.346. The number of pyridine rings is 1. The molecule has 120 valence electrons. The van der Waals surface area contributed by atoms with Crippen LogP contribution in [0.4, 0.5) is 0 Å². The first-order valence-corrected chi connectivity index (χ1v) is 7.94. The number of aryl methyl sites for hydroxylation is 1. The van der Waals surface area contributed by atoms with Gasteiger partial charge in [0.05, 0.1) is 11.1 Å². The second-order valence-electron chi connectivity index (χ2n) is 6.16. The average Bonchev–Trinajstić information content (AvgIpc) is 3.35. The number of hydrogen-bond donors (Lipinski definition) is 2. The van der Waals surface area contributed by atoms with E-state index in [1.165, 1.54) is 0 Å². The number of rotatable bonds is 5. The fourth-order valence-electron chi connectivity index (χ4n) is 2.71. The molecule has 1 aromatic carbocycles. The summed E-state index contributed by atoms with van der Waals surface area (Å²) in [6.45, 7) is 3.70. The van der Waals surface area contributed by atoms with Crippen LogP contribution < -0.4 is 5.32 Å². The number of nitrogens with one attached hydrogen (secondary N) is 1. The normalized spacial score (nSPS) is 15.4. The molecule has 1 atom stereocenters. The molecule has 1 saturated carbocycles. The van der Waals surface area contributed by atoms with E-state index in [1.807, 2.05) is 31.2 Å². The third-order valence-corrected chi connectivity index (χ3v) is 4.24. The van der Waals surface area contributed by atoms with Gasteiger partial charge in [-0.1, -0.05) is 18.6 Å². The lowest BCUT2D eigenvalue weighted by Crippen LogP contribution is -2.40. The fraction of sp³-hybridized carbons (Fsp3) is 0.389. The molecule has 0 spiro atoms. The van der Waals surface area contributed by atoms with Gasteiger partial charge in [0.15, 0.2) is 0 Å². The number of amides is 1. The lowest BCUT2D eigenvalue weighted by atomic mass is 10.0. The summed E-state index contributed by atoms with van der Waals surface area (Å²) in [5.74, 6) is -0.939. The summed E-state index contributed by atoms with van der Waals surface area (Å²) in [5, 5.41) is 12.5.